The summed E-state index contributed by atoms with van der Waals surface area (Å²) in [4.78, 5) is 17.1. The van der Waals surface area contributed by atoms with E-state index in [9.17, 15) is 15.3 Å². The summed E-state index contributed by atoms with van der Waals surface area (Å²) >= 11 is 2.14. The summed E-state index contributed by atoms with van der Waals surface area (Å²) in [5.74, 6) is 0.737. The molecule has 37 heavy (non-hydrogen) atoms. The van der Waals surface area contributed by atoms with E-state index < -0.39 is 0 Å². The van der Waals surface area contributed by atoms with Crippen LogP contribution in [-0.2, 0) is 11.4 Å². The number of carbonyl (C=O) groups is 1. The van der Waals surface area contributed by atoms with Crippen molar-refractivity contribution >= 4 is 40.3 Å². The van der Waals surface area contributed by atoms with Crippen molar-refractivity contribution in [3.63, 3.8) is 0 Å². The Kier molecular flexibility index (Phi) is 8.65. The summed E-state index contributed by atoms with van der Waals surface area (Å²) in [7, 11) is 1.54. The number of piperazine rings is 1. The molecule has 1 amide bonds. The van der Waals surface area contributed by atoms with E-state index >= 15 is 0 Å². The minimum absolute atomic E-state index is 0.0719. The number of ether oxygens (including phenoxy) is 2. The van der Waals surface area contributed by atoms with E-state index in [-0.39, 0.29) is 18.1 Å². The van der Waals surface area contributed by atoms with E-state index in [4.69, 9.17) is 9.47 Å². The van der Waals surface area contributed by atoms with Crippen molar-refractivity contribution in [3.05, 3.63) is 92.6 Å². The number of para-hydroxylation sites is 1. The first kappa shape index (κ1) is 26.1. The Morgan fingerprint density at radius 1 is 1.03 bits per heavy atom. The predicted molar refractivity (Wildman–Crippen MR) is 150 cm³/mol. The Balaban J connectivity index is 1.48. The van der Waals surface area contributed by atoms with E-state index in [0.717, 1.165) is 14.8 Å². The highest BCUT2D eigenvalue weighted by Crippen LogP contribution is 2.35. The molecule has 1 saturated heterocycles. The van der Waals surface area contributed by atoms with Gasteiger partial charge in [0.05, 0.1) is 22.3 Å². The molecule has 1 aliphatic rings. The second-order valence-corrected chi connectivity index (χ2v) is 9.54. The Bertz CT molecular complexity index is 1380. The number of halogens is 1. The van der Waals surface area contributed by atoms with Gasteiger partial charge in [0.25, 0.3) is 5.91 Å². The highest BCUT2D eigenvalue weighted by Gasteiger charge is 2.24. The lowest BCUT2D eigenvalue weighted by molar-refractivity contribution is -0.126. The van der Waals surface area contributed by atoms with Crippen LogP contribution in [0.15, 0.2) is 72.3 Å². The third-order valence-corrected chi connectivity index (χ3v) is 6.91. The summed E-state index contributed by atoms with van der Waals surface area (Å²) in [6.45, 7) is 2.72. The zero-order chi connectivity index (χ0) is 26.2. The van der Waals surface area contributed by atoms with Gasteiger partial charge < -0.3 is 19.3 Å². The number of anilines is 1. The van der Waals surface area contributed by atoms with Crippen LogP contribution in [0, 0.1) is 26.2 Å². The number of hydrogen-bond acceptors (Lipinski definition) is 6. The molecule has 0 radical (unpaired) electrons. The average Bonchev–Trinajstić information content (AvgIpc) is 2.95. The van der Waals surface area contributed by atoms with Crippen LogP contribution < -0.4 is 14.4 Å². The van der Waals surface area contributed by atoms with Gasteiger partial charge in [-0.05, 0) is 64.6 Å². The molecule has 0 unspecified atom stereocenters. The quantitative estimate of drug-likeness (QED) is 0.214. The molecule has 186 valence electrons. The molecular formula is C29H25IN4O3. The lowest BCUT2D eigenvalue weighted by atomic mass is 10.1. The molecule has 0 aromatic heterocycles. The molecule has 0 N–H and O–H groups in total. The van der Waals surface area contributed by atoms with Crippen LogP contribution in [-0.4, -0.2) is 44.1 Å². The molecular weight excluding hydrogens is 579 g/mol. The number of nitriles is 2. The Morgan fingerprint density at radius 2 is 1.73 bits per heavy atom. The zero-order valence-corrected chi connectivity index (χ0v) is 22.5. The number of methoxy groups -OCH3 is 1. The van der Waals surface area contributed by atoms with Crippen molar-refractivity contribution in [2.24, 2.45) is 0 Å². The molecule has 0 atom stereocenters. The standard InChI is InChI=1S/C29H25IN4O3/c1-36-27-17-21(16-26(30)28(27)37-20-23-8-6-5-7-22(23)18-31)15-24(19-32)29(35)34-13-11-33(12-14-34)25-9-3-2-4-10-25/h2-10,15-17H,11-14,20H2,1H3/b24-15-. The smallest absolute Gasteiger partial charge is 0.264 e. The molecule has 0 spiro atoms. The maximum absolute atomic E-state index is 13.1. The van der Waals surface area contributed by atoms with Crippen LogP contribution in [0.5, 0.6) is 11.5 Å². The second-order valence-electron chi connectivity index (χ2n) is 8.38. The minimum atomic E-state index is -0.280. The van der Waals surface area contributed by atoms with Gasteiger partial charge in [-0.15, -0.1) is 0 Å². The van der Waals surface area contributed by atoms with Gasteiger partial charge in [0.15, 0.2) is 11.5 Å². The van der Waals surface area contributed by atoms with E-state index in [1.807, 2.05) is 42.5 Å². The Hall–Kier alpha value is -4.02. The number of nitrogens with zero attached hydrogens (tertiary/aromatic N) is 4. The van der Waals surface area contributed by atoms with E-state index in [1.165, 1.54) is 7.11 Å². The number of rotatable bonds is 7. The van der Waals surface area contributed by atoms with Gasteiger partial charge in [0, 0.05) is 37.4 Å². The van der Waals surface area contributed by atoms with Crippen molar-refractivity contribution in [2.75, 3.05) is 38.2 Å². The number of amides is 1. The maximum atomic E-state index is 13.1. The van der Waals surface area contributed by atoms with E-state index in [0.29, 0.717) is 48.8 Å². The molecule has 1 heterocycles. The monoisotopic (exact) mass is 604 g/mol. The van der Waals surface area contributed by atoms with Crippen molar-refractivity contribution in [3.8, 4) is 23.6 Å². The molecule has 1 fully saturated rings. The third kappa shape index (κ3) is 6.22. The Labute approximate surface area is 230 Å². The lowest BCUT2D eigenvalue weighted by Gasteiger charge is -2.36. The normalized spacial score (nSPS) is 13.5. The molecule has 1 aliphatic heterocycles. The highest BCUT2D eigenvalue weighted by molar-refractivity contribution is 14.1. The summed E-state index contributed by atoms with van der Waals surface area (Å²) in [6, 6.07) is 25.2. The van der Waals surface area contributed by atoms with Crippen molar-refractivity contribution in [1.82, 2.24) is 4.90 Å². The second kappa shape index (κ2) is 12.3. The molecule has 7 nitrogen and oxygen atoms in total. The van der Waals surface area contributed by atoms with Crippen LogP contribution >= 0.6 is 22.6 Å². The van der Waals surface area contributed by atoms with Crippen molar-refractivity contribution in [2.45, 2.75) is 6.61 Å². The first-order valence-corrected chi connectivity index (χ1v) is 12.8. The maximum Gasteiger partial charge on any atom is 0.264 e. The van der Waals surface area contributed by atoms with Gasteiger partial charge in [0.2, 0.25) is 0 Å². The molecule has 0 bridgehead atoms. The Morgan fingerprint density at radius 3 is 2.41 bits per heavy atom. The summed E-state index contributed by atoms with van der Waals surface area (Å²) in [5.41, 5.74) is 3.20. The molecule has 4 rings (SSSR count). The first-order chi connectivity index (χ1) is 18.0. The van der Waals surface area contributed by atoms with Gasteiger partial charge in [0.1, 0.15) is 18.2 Å². The third-order valence-electron chi connectivity index (χ3n) is 6.11. The molecule has 8 heteroatoms. The van der Waals surface area contributed by atoms with E-state index in [1.54, 1.807) is 23.1 Å². The van der Waals surface area contributed by atoms with Crippen molar-refractivity contribution in [1.29, 1.82) is 10.5 Å². The minimum Gasteiger partial charge on any atom is -0.493 e. The van der Waals surface area contributed by atoms with Crippen molar-refractivity contribution < 1.29 is 14.3 Å². The van der Waals surface area contributed by atoms with Gasteiger partial charge >= 0.3 is 0 Å². The fourth-order valence-corrected chi connectivity index (χ4v) is 4.93. The van der Waals surface area contributed by atoms with Crippen LogP contribution in [0.4, 0.5) is 5.69 Å². The van der Waals surface area contributed by atoms with Gasteiger partial charge in [-0.2, -0.15) is 10.5 Å². The average molecular weight is 604 g/mol. The number of benzene rings is 3. The lowest BCUT2D eigenvalue weighted by Crippen LogP contribution is -2.49. The van der Waals surface area contributed by atoms with Crippen LogP contribution in [0.1, 0.15) is 16.7 Å². The summed E-state index contributed by atoms with van der Waals surface area (Å²) < 4.78 is 12.3. The highest BCUT2D eigenvalue weighted by atomic mass is 127. The molecule has 0 saturated carbocycles. The fraction of sp³-hybridized carbons (Fsp3) is 0.207. The predicted octanol–water partition coefficient (Wildman–Crippen LogP) is 5.01. The fourth-order valence-electron chi connectivity index (χ4n) is 4.15. The van der Waals surface area contributed by atoms with Crippen LogP contribution in [0.3, 0.4) is 0 Å². The number of hydrogen-bond donors (Lipinski definition) is 0. The molecule has 0 aliphatic carbocycles. The summed E-state index contributed by atoms with van der Waals surface area (Å²) in [6.07, 6.45) is 1.59. The van der Waals surface area contributed by atoms with Gasteiger partial charge in [-0.25, -0.2) is 0 Å². The van der Waals surface area contributed by atoms with Crippen LogP contribution in [0.25, 0.3) is 6.08 Å². The SMILES string of the molecule is COc1cc(/C=C(/C#N)C(=O)N2CCN(c3ccccc3)CC2)cc(I)c1OCc1ccccc1C#N. The van der Waals surface area contributed by atoms with Gasteiger partial charge in [-0.1, -0.05) is 36.4 Å². The number of carbonyl (C=O) groups excluding carboxylic acids is 1. The molecule has 3 aromatic rings. The topological polar surface area (TPSA) is 89.6 Å². The molecule has 3 aromatic carbocycles. The largest absolute Gasteiger partial charge is 0.493 e. The zero-order valence-electron chi connectivity index (χ0n) is 20.4. The van der Waals surface area contributed by atoms with Gasteiger partial charge in [-0.3, -0.25) is 4.79 Å². The first-order valence-electron chi connectivity index (χ1n) is 11.7. The van der Waals surface area contributed by atoms with Crippen LogP contribution in [0.2, 0.25) is 0 Å². The van der Waals surface area contributed by atoms with E-state index in [2.05, 4.69) is 51.8 Å². The summed E-state index contributed by atoms with van der Waals surface area (Å²) in [5, 5.41) is 19.1.